The molecule has 0 radical (unpaired) electrons. The van der Waals surface area contributed by atoms with Crippen molar-refractivity contribution in [2.24, 2.45) is 0 Å². The molecule has 1 aromatic rings. The summed E-state index contributed by atoms with van der Waals surface area (Å²) in [5, 5.41) is 0. The normalized spacial score (nSPS) is 13.1. The molecule has 1 rings (SSSR count). The molecule has 0 aliphatic rings. The third-order valence-corrected chi connectivity index (χ3v) is 15.7. The van der Waals surface area contributed by atoms with Gasteiger partial charge in [0.2, 0.25) is 0 Å². The molecule has 202 valence electrons. The Balaban J connectivity index is 3.78. The molecule has 0 aromatic heterocycles. The van der Waals surface area contributed by atoms with E-state index >= 15 is 0 Å². The molecule has 1 aromatic carbocycles. The molecule has 0 amide bonds. The fraction of sp³-hybridized carbons (Fsp3) is 0.692. The van der Waals surface area contributed by atoms with Gasteiger partial charge in [-0.2, -0.15) is 0 Å². The number of methoxy groups -OCH3 is 2. The van der Waals surface area contributed by atoms with Crippen molar-refractivity contribution in [1.29, 1.82) is 0 Å². The van der Waals surface area contributed by atoms with Crippen LogP contribution in [0.5, 0.6) is 0 Å². The van der Waals surface area contributed by atoms with Crippen molar-refractivity contribution in [2.45, 2.75) is 84.0 Å². The van der Waals surface area contributed by atoms with Crippen molar-refractivity contribution in [1.82, 2.24) is 0 Å². The van der Waals surface area contributed by atoms with Crippen LogP contribution in [-0.4, -0.2) is 59.2 Å². The fourth-order valence-electron chi connectivity index (χ4n) is 4.59. The van der Waals surface area contributed by atoms with Crippen LogP contribution in [0, 0.1) is 0 Å². The SMILES string of the molecule is CCCCP(CCCC)(CCCC)(CCCC)OS(=O)(=O)c1cc(C(=O)OC)cc(C(=O)OC)c1. The summed E-state index contributed by atoms with van der Waals surface area (Å²) in [7, 11) is -1.88. The first-order valence-corrected chi connectivity index (χ1v) is 17.1. The van der Waals surface area contributed by atoms with Gasteiger partial charge in [0.05, 0.1) is 0 Å². The summed E-state index contributed by atoms with van der Waals surface area (Å²) >= 11 is 0. The molecule has 0 bridgehead atoms. The Morgan fingerprint density at radius 1 is 0.686 bits per heavy atom. The second-order valence-corrected chi connectivity index (χ2v) is 16.9. The second kappa shape index (κ2) is 14.3. The van der Waals surface area contributed by atoms with Crippen LogP contribution in [0.3, 0.4) is 0 Å². The molecule has 0 spiro atoms. The van der Waals surface area contributed by atoms with Crippen molar-refractivity contribution in [3.05, 3.63) is 29.3 Å². The number of rotatable bonds is 17. The van der Waals surface area contributed by atoms with Gasteiger partial charge in [-0.1, -0.05) is 0 Å². The quantitative estimate of drug-likeness (QED) is 0.164. The zero-order valence-electron chi connectivity index (χ0n) is 22.4. The minimum absolute atomic E-state index is 0.0397. The number of esters is 2. The molecule has 0 unspecified atom stereocenters. The van der Waals surface area contributed by atoms with Crippen LogP contribution in [-0.2, 0) is 23.6 Å². The van der Waals surface area contributed by atoms with Crippen LogP contribution in [0.2, 0.25) is 0 Å². The van der Waals surface area contributed by atoms with Crippen LogP contribution in [0.15, 0.2) is 23.1 Å². The van der Waals surface area contributed by atoms with Crippen LogP contribution in [0.25, 0.3) is 0 Å². The van der Waals surface area contributed by atoms with Crippen molar-refractivity contribution >= 4 is 28.9 Å². The molecule has 35 heavy (non-hydrogen) atoms. The van der Waals surface area contributed by atoms with E-state index in [2.05, 4.69) is 27.7 Å². The Morgan fingerprint density at radius 3 is 1.31 bits per heavy atom. The number of ether oxygens (including phenoxy) is 2. The summed E-state index contributed by atoms with van der Waals surface area (Å²) in [6, 6.07) is 3.75. The van der Waals surface area contributed by atoms with Crippen LogP contribution in [0.4, 0.5) is 0 Å². The van der Waals surface area contributed by atoms with E-state index in [4.69, 9.17) is 13.4 Å². The summed E-state index contributed by atoms with van der Waals surface area (Å²) in [5.41, 5.74) is -0.0794. The molecule has 0 aliphatic carbocycles. The molecular formula is C26H45O7PS. The van der Waals surface area contributed by atoms with E-state index in [0.29, 0.717) is 0 Å². The zero-order chi connectivity index (χ0) is 26.6. The van der Waals surface area contributed by atoms with Gasteiger partial charge >= 0.3 is 212 Å². The Kier molecular flexibility index (Phi) is 12.9. The maximum absolute atomic E-state index is 13.9. The average molecular weight is 533 g/mol. The van der Waals surface area contributed by atoms with Crippen LogP contribution in [0.1, 0.15) is 99.8 Å². The van der Waals surface area contributed by atoms with Gasteiger partial charge in [0.15, 0.2) is 0 Å². The Morgan fingerprint density at radius 2 is 1.03 bits per heavy atom. The average Bonchev–Trinajstić information content (AvgIpc) is 2.87. The first-order valence-electron chi connectivity index (χ1n) is 12.8. The van der Waals surface area contributed by atoms with Crippen molar-refractivity contribution in [2.75, 3.05) is 38.9 Å². The van der Waals surface area contributed by atoms with E-state index in [1.165, 1.54) is 32.4 Å². The van der Waals surface area contributed by atoms with Crippen molar-refractivity contribution in [3.8, 4) is 0 Å². The number of carbonyl (C=O) groups is 2. The maximum atomic E-state index is 13.9. The van der Waals surface area contributed by atoms with Crippen molar-refractivity contribution in [3.63, 3.8) is 0 Å². The fourth-order valence-corrected chi connectivity index (χ4v) is 14.7. The summed E-state index contributed by atoms with van der Waals surface area (Å²) in [4.78, 5) is 24.3. The van der Waals surface area contributed by atoms with Gasteiger partial charge < -0.3 is 0 Å². The zero-order valence-corrected chi connectivity index (χ0v) is 24.1. The molecule has 0 atom stereocenters. The van der Waals surface area contributed by atoms with Gasteiger partial charge in [0.25, 0.3) is 0 Å². The molecule has 0 saturated heterocycles. The third kappa shape index (κ3) is 8.54. The molecule has 9 heteroatoms. The van der Waals surface area contributed by atoms with E-state index in [0.717, 1.165) is 76.0 Å². The van der Waals surface area contributed by atoms with Gasteiger partial charge in [-0.25, -0.2) is 0 Å². The van der Waals surface area contributed by atoms with E-state index in [1.54, 1.807) is 0 Å². The molecule has 0 aliphatic heterocycles. The summed E-state index contributed by atoms with van der Waals surface area (Å²) in [5.74, 6) is -1.47. The summed E-state index contributed by atoms with van der Waals surface area (Å²) < 4.78 is 44.0. The van der Waals surface area contributed by atoms with Gasteiger partial charge in [0.1, 0.15) is 0 Å². The van der Waals surface area contributed by atoms with Gasteiger partial charge in [-0.3, -0.25) is 0 Å². The number of benzene rings is 1. The Labute approximate surface area is 212 Å². The predicted octanol–water partition coefficient (Wildman–Crippen LogP) is 6.63. The topological polar surface area (TPSA) is 96.0 Å². The first kappa shape index (κ1) is 31.5. The number of carbonyl (C=O) groups excluding carboxylic acids is 2. The molecular weight excluding hydrogens is 487 g/mol. The molecule has 0 N–H and O–H groups in total. The predicted molar refractivity (Wildman–Crippen MR) is 143 cm³/mol. The number of hydrogen-bond donors (Lipinski definition) is 0. The number of unbranched alkanes of at least 4 members (excludes halogenated alkanes) is 4. The Hall–Kier alpha value is -1.50. The standard InChI is InChI=1S/C26H45O7PS/c1-7-11-15-34(16-12-8-2,17-13-9-3,18-14-10-4)33-35(29,30)24-20-22(25(27)31-5)19-23(21-24)26(28)32-6/h19-21H,7-18H2,1-6H3. The van der Waals surface area contributed by atoms with Gasteiger partial charge in [-0.15, -0.1) is 0 Å². The summed E-state index contributed by atoms with van der Waals surface area (Å²) in [6.07, 6.45) is 10.5. The number of hydrogen-bond acceptors (Lipinski definition) is 7. The van der Waals surface area contributed by atoms with E-state index in [-0.39, 0.29) is 16.0 Å². The monoisotopic (exact) mass is 532 g/mol. The molecule has 7 nitrogen and oxygen atoms in total. The Bertz CT molecular complexity index is 865. The third-order valence-electron chi connectivity index (χ3n) is 6.66. The second-order valence-electron chi connectivity index (χ2n) is 9.42. The van der Waals surface area contributed by atoms with Gasteiger partial charge in [-0.05, 0) is 0 Å². The minimum atomic E-state index is -4.28. The van der Waals surface area contributed by atoms with Gasteiger partial charge in [0, 0.05) is 0 Å². The van der Waals surface area contributed by atoms with E-state index in [9.17, 15) is 18.0 Å². The van der Waals surface area contributed by atoms with Crippen LogP contribution < -0.4 is 0 Å². The molecule has 0 fully saturated rings. The first-order chi connectivity index (χ1) is 16.6. The van der Waals surface area contributed by atoms with E-state index in [1.807, 2.05) is 0 Å². The molecule has 0 saturated carbocycles. The summed E-state index contributed by atoms with van der Waals surface area (Å²) in [6.45, 7) is 5.27. The molecule has 0 heterocycles. The van der Waals surface area contributed by atoms with E-state index < -0.39 is 28.9 Å². The van der Waals surface area contributed by atoms with Crippen LogP contribution >= 0.6 is 6.83 Å². The van der Waals surface area contributed by atoms with Crippen molar-refractivity contribution < 1.29 is 31.5 Å².